The average molecular weight is 287 g/mol. The van der Waals surface area contributed by atoms with Gasteiger partial charge in [-0.15, -0.1) is 0 Å². The molecule has 0 amide bonds. The smallest absolute Gasteiger partial charge is 0.190 e. The van der Waals surface area contributed by atoms with Crippen molar-refractivity contribution in [3.63, 3.8) is 0 Å². The first kappa shape index (κ1) is 16.9. The van der Waals surface area contributed by atoms with Gasteiger partial charge in [-0.25, -0.2) is 8.78 Å². The van der Waals surface area contributed by atoms with E-state index in [2.05, 4.69) is 19.2 Å². The predicted octanol–water partition coefficient (Wildman–Crippen LogP) is 2.86. The van der Waals surface area contributed by atoms with E-state index in [1.165, 1.54) is 12.1 Å². The van der Waals surface area contributed by atoms with Crippen LogP contribution in [0.25, 0.3) is 0 Å². The van der Waals surface area contributed by atoms with Crippen molar-refractivity contribution in [2.45, 2.75) is 39.8 Å². The van der Waals surface area contributed by atoms with Gasteiger partial charge in [0.05, 0.1) is 12.7 Å². The summed E-state index contributed by atoms with van der Waals surface area (Å²) in [6.45, 7) is 7.01. The van der Waals surface area contributed by atoms with Gasteiger partial charge < -0.3 is 15.2 Å². The Morgan fingerprint density at radius 3 is 2.30 bits per heavy atom. The summed E-state index contributed by atoms with van der Waals surface area (Å²) in [6.07, 6.45) is -0.225. The van der Waals surface area contributed by atoms with Gasteiger partial charge in [0.15, 0.2) is 17.4 Å². The summed E-state index contributed by atoms with van der Waals surface area (Å²) in [5.74, 6) is -1.32. The molecule has 1 rings (SSSR count). The van der Waals surface area contributed by atoms with Gasteiger partial charge in [-0.05, 0) is 37.1 Å². The number of ether oxygens (including phenoxy) is 1. The van der Waals surface area contributed by atoms with E-state index in [1.807, 2.05) is 0 Å². The Kier molecular flexibility index (Phi) is 6.88. The molecule has 0 spiro atoms. The number of rotatable bonds is 8. The maximum Gasteiger partial charge on any atom is 0.190 e. The monoisotopic (exact) mass is 287 g/mol. The van der Waals surface area contributed by atoms with Crippen molar-refractivity contribution in [3.05, 3.63) is 29.3 Å². The van der Waals surface area contributed by atoms with E-state index < -0.39 is 17.7 Å². The van der Waals surface area contributed by atoms with Crippen molar-refractivity contribution >= 4 is 0 Å². The molecule has 3 nitrogen and oxygen atoms in total. The molecule has 0 aliphatic carbocycles. The topological polar surface area (TPSA) is 41.5 Å². The molecule has 0 aliphatic rings. The summed E-state index contributed by atoms with van der Waals surface area (Å²) in [4.78, 5) is 0. The summed E-state index contributed by atoms with van der Waals surface area (Å²) < 4.78 is 32.6. The van der Waals surface area contributed by atoms with E-state index in [0.717, 1.165) is 6.54 Å². The van der Waals surface area contributed by atoms with Gasteiger partial charge in [0.25, 0.3) is 0 Å². The number of halogens is 2. The van der Waals surface area contributed by atoms with Gasteiger partial charge >= 0.3 is 0 Å². The fourth-order valence-electron chi connectivity index (χ4n) is 1.69. The lowest BCUT2D eigenvalue weighted by Gasteiger charge is -2.12. The van der Waals surface area contributed by atoms with E-state index in [1.54, 1.807) is 6.92 Å². The van der Waals surface area contributed by atoms with Crippen LogP contribution in [0.2, 0.25) is 0 Å². The molecule has 0 saturated heterocycles. The molecular formula is C15H23F2NO2. The standard InChI is InChI=1S/C15H23F2NO2/c1-10(2)8-18-9-12-6-13(16)15(14(17)7-12)20-5-4-11(3)19/h6-7,10-11,18-19H,4-5,8-9H2,1-3H3. The molecule has 2 N–H and O–H groups in total. The largest absolute Gasteiger partial charge is 0.488 e. The minimum Gasteiger partial charge on any atom is -0.488 e. The Bertz CT molecular complexity index is 399. The number of nitrogens with one attached hydrogen (secondary N) is 1. The first-order chi connectivity index (χ1) is 9.40. The van der Waals surface area contributed by atoms with E-state index in [-0.39, 0.29) is 12.4 Å². The second kappa shape index (κ2) is 8.17. The van der Waals surface area contributed by atoms with Crippen LogP contribution in [0, 0.1) is 17.6 Å². The molecule has 1 aromatic carbocycles. The number of aliphatic hydroxyl groups is 1. The molecule has 1 aromatic rings. The second-order valence-electron chi connectivity index (χ2n) is 5.40. The van der Waals surface area contributed by atoms with Crippen LogP contribution in [0.4, 0.5) is 8.78 Å². The lowest BCUT2D eigenvalue weighted by Crippen LogP contribution is -2.19. The van der Waals surface area contributed by atoms with Gasteiger partial charge in [0, 0.05) is 13.0 Å². The lowest BCUT2D eigenvalue weighted by atomic mass is 10.1. The molecule has 5 heteroatoms. The first-order valence-corrected chi connectivity index (χ1v) is 6.89. The summed E-state index contributed by atoms with van der Waals surface area (Å²) in [5.41, 5.74) is 0.545. The van der Waals surface area contributed by atoms with Crippen LogP contribution in [0.1, 0.15) is 32.8 Å². The van der Waals surface area contributed by atoms with E-state index >= 15 is 0 Å². The van der Waals surface area contributed by atoms with Gasteiger partial charge in [0.2, 0.25) is 0 Å². The molecular weight excluding hydrogens is 264 g/mol. The van der Waals surface area contributed by atoms with Crippen molar-refractivity contribution < 1.29 is 18.6 Å². The van der Waals surface area contributed by atoms with Crippen molar-refractivity contribution in [2.75, 3.05) is 13.2 Å². The third-order valence-corrected chi connectivity index (χ3v) is 2.72. The van der Waals surface area contributed by atoms with E-state index in [4.69, 9.17) is 9.84 Å². The van der Waals surface area contributed by atoms with E-state index in [9.17, 15) is 8.78 Å². The first-order valence-electron chi connectivity index (χ1n) is 6.89. The Labute approximate surface area is 119 Å². The highest BCUT2D eigenvalue weighted by Crippen LogP contribution is 2.23. The zero-order valence-corrected chi connectivity index (χ0v) is 12.2. The third-order valence-electron chi connectivity index (χ3n) is 2.72. The van der Waals surface area contributed by atoms with Crippen LogP contribution in [0.3, 0.4) is 0 Å². The fraction of sp³-hybridized carbons (Fsp3) is 0.600. The molecule has 0 bridgehead atoms. The fourth-order valence-corrected chi connectivity index (χ4v) is 1.69. The molecule has 0 fully saturated rings. The third kappa shape index (κ3) is 5.84. The van der Waals surface area contributed by atoms with Crippen LogP contribution in [0.15, 0.2) is 12.1 Å². The van der Waals surface area contributed by atoms with Crippen LogP contribution in [-0.2, 0) is 6.54 Å². The summed E-state index contributed by atoms with van der Waals surface area (Å²) in [6, 6.07) is 2.54. The SMILES string of the molecule is CC(C)CNCc1cc(F)c(OCCC(C)O)c(F)c1. The molecule has 1 unspecified atom stereocenters. The van der Waals surface area contributed by atoms with Gasteiger partial charge in [-0.3, -0.25) is 0 Å². The molecule has 114 valence electrons. The van der Waals surface area contributed by atoms with Gasteiger partial charge in [-0.1, -0.05) is 13.8 Å². The van der Waals surface area contributed by atoms with Gasteiger partial charge in [-0.2, -0.15) is 0 Å². The highest BCUT2D eigenvalue weighted by Gasteiger charge is 2.13. The van der Waals surface area contributed by atoms with Crippen molar-refractivity contribution in [1.82, 2.24) is 5.32 Å². The highest BCUT2D eigenvalue weighted by molar-refractivity contribution is 5.31. The Balaban J connectivity index is 2.61. The van der Waals surface area contributed by atoms with Crippen LogP contribution in [-0.4, -0.2) is 24.4 Å². The van der Waals surface area contributed by atoms with Crippen molar-refractivity contribution in [1.29, 1.82) is 0 Å². The Morgan fingerprint density at radius 1 is 1.20 bits per heavy atom. The Morgan fingerprint density at radius 2 is 1.80 bits per heavy atom. The molecule has 0 heterocycles. The quantitative estimate of drug-likeness (QED) is 0.772. The lowest BCUT2D eigenvalue weighted by molar-refractivity contribution is 0.151. The van der Waals surface area contributed by atoms with Gasteiger partial charge in [0.1, 0.15) is 0 Å². The molecule has 0 radical (unpaired) electrons. The maximum absolute atomic E-state index is 13.8. The van der Waals surface area contributed by atoms with Crippen molar-refractivity contribution in [3.8, 4) is 5.75 Å². The van der Waals surface area contributed by atoms with Crippen molar-refractivity contribution in [2.24, 2.45) is 5.92 Å². The Hall–Kier alpha value is -1.20. The zero-order chi connectivity index (χ0) is 15.1. The summed E-state index contributed by atoms with van der Waals surface area (Å²) in [5, 5.41) is 12.2. The average Bonchev–Trinajstić information content (AvgIpc) is 2.32. The zero-order valence-electron chi connectivity index (χ0n) is 12.2. The molecule has 0 aromatic heterocycles. The normalized spacial score (nSPS) is 12.8. The van der Waals surface area contributed by atoms with Crippen LogP contribution >= 0.6 is 0 Å². The minimum atomic E-state index is -0.711. The number of aliphatic hydroxyl groups excluding tert-OH is 1. The molecule has 0 aliphatic heterocycles. The number of benzene rings is 1. The minimum absolute atomic E-state index is 0.0798. The highest BCUT2D eigenvalue weighted by atomic mass is 19.1. The molecule has 0 saturated carbocycles. The van der Waals surface area contributed by atoms with Crippen LogP contribution < -0.4 is 10.1 Å². The number of hydrogen-bond acceptors (Lipinski definition) is 3. The number of hydrogen-bond donors (Lipinski definition) is 2. The summed E-state index contributed by atoms with van der Waals surface area (Å²) in [7, 11) is 0. The maximum atomic E-state index is 13.8. The molecule has 20 heavy (non-hydrogen) atoms. The van der Waals surface area contributed by atoms with E-state index in [0.29, 0.717) is 24.4 Å². The second-order valence-corrected chi connectivity index (χ2v) is 5.40. The van der Waals surface area contributed by atoms with Crippen LogP contribution in [0.5, 0.6) is 5.75 Å². The molecule has 1 atom stereocenters. The predicted molar refractivity (Wildman–Crippen MR) is 74.7 cm³/mol. The summed E-state index contributed by atoms with van der Waals surface area (Å²) >= 11 is 0.